The van der Waals surface area contributed by atoms with Crippen molar-refractivity contribution < 1.29 is 14.2 Å². The third-order valence-corrected chi connectivity index (χ3v) is 3.15. The van der Waals surface area contributed by atoms with Crippen molar-refractivity contribution in [2.75, 3.05) is 32.8 Å². The van der Waals surface area contributed by atoms with Crippen LogP contribution in [0.1, 0.15) is 48.0 Å². The zero-order chi connectivity index (χ0) is 14.5. The van der Waals surface area contributed by atoms with Crippen LogP contribution in [0.2, 0.25) is 0 Å². The normalized spacial score (nSPS) is 22.9. The van der Waals surface area contributed by atoms with E-state index in [4.69, 9.17) is 14.2 Å². The minimum Gasteiger partial charge on any atom is -0.367 e. The highest BCUT2D eigenvalue weighted by Crippen LogP contribution is 2.28. The van der Waals surface area contributed by atoms with E-state index in [2.05, 4.69) is 32.6 Å². The molecule has 4 heteroatoms. The van der Waals surface area contributed by atoms with Crippen molar-refractivity contribution in [2.45, 2.75) is 65.5 Å². The Morgan fingerprint density at radius 1 is 1.00 bits per heavy atom. The van der Waals surface area contributed by atoms with Crippen LogP contribution < -0.4 is 0 Å². The van der Waals surface area contributed by atoms with Gasteiger partial charge in [0.2, 0.25) is 0 Å². The largest absolute Gasteiger partial charge is 0.367 e. The van der Waals surface area contributed by atoms with E-state index >= 15 is 0 Å². The molecule has 0 N–H and O–H groups in total. The second-order valence-electron chi connectivity index (χ2n) is 6.46. The fourth-order valence-corrected chi connectivity index (χ4v) is 2.98. The number of ether oxygens (including phenoxy) is 3. The summed E-state index contributed by atoms with van der Waals surface area (Å²) < 4.78 is 17.3. The van der Waals surface area contributed by atoms with Crippen LogP contribution in [0.25, 0.3) is 0 Å². The predicted molar refractivity (Wildman–Crippen MR) is 77.3 cm³/mol. The fraction of sp³-hybridized carbons (Fsp3) is 1.00. The van der Waals surface area contributed by atoms with Crippen molar-refractivity contribution in [3.8, 4) is 0 Å². The van der Waals surface area contributed by atoms with Crippen LogP contribution in [0.15, 0.2) is 0 Å². The Hall–Kier alpha value is -0.160. The van der Waals surface area contributed by atoms with E-state index in [1.54, 1.807) is 0 Å². The smallest absolute Gasteiger partial charge is 0.158 e. The molecule has 1 heterocycles. The van der Waals surface area contributed by atoms with E-state index in [1.165, 1.54) is 0 Å². The van der Waals surface area contributed by atoms with Gasteiger partial charge in [-0.15, -0.1) is 0 Å². The summed E-state index contributed by atoms with van der Waals surface area (Å²) in [5.74, 6) is 0. The standard InChI is InChI=1S/C15H31NO3/c1-7-17-13(18-8-2)9-10-16-11-14(3,4)19-15(5,6)12-16/h13H,7-12H2,1-6H3. The van der Waals surface area contributed by atoms with Crippen LogP contribution in [0, 0.1) is 0 Å². The van der Waals surface area contributed by atoms with Gasteiger partial charge in [-0.2, -0.15) is 0 Å². The molecular formula is C15H31NO3. The van der Waals surface area contributed by atoms with E-state index in [-0.39, 0.29) is 17.5 Å². The van der Waals surface area contributed by atoms with Crippen LogP contribution >= 0.6 is 0 Å². The van der Waals surface area contributed by atoms with Crippen molar-refractivity contribution in [1.29, 1.82) is 0 Å². The molecule has 0 aromatic rings. The SMILES string of the molecule is CCOC(CCN1CC(C)(C)OC(C)(C)C1)OCC. The van der Waals surface area contributed by atoms with Gasteiger partial charge in [0.1, 0.15) is 0 Å². The van der Waals surface area contributed by atoms with Crippen molar-refractivity contribution in [3.05, 3.63) is 0 Å². The van der Waals surface area contributed by atoms with Gasteiger partial charge in [-0.25, -0.2) is 0 Å². The highest BCUT2D eigenvalue weighted by molar-refractivity contribution is 4.89. The van der Waals surface area contributed by atoms with E-state index < -0.39 is 0 Å². The molecule has 1 saturated heterocycles. The summed E-state index contributed by atoms with van der Waals surface area (Å²) in [5.41, 5.74) is -0.178. The molecule has 0 bridgehead atoms. The predicted octanol–water partition coefficient (Wildman–Crippen LogP) is 2.67. The van der Waals surface area contributed by atoms with Gasteiger partial charge in [0.05, 0.1) is 11.2 Å². The summed E-state index contributed by atoms with van der Waals surface area (Å²) in [7, 11) is 0. The molecule has 0 atom stereocenters. The highest BCUT2D eigenvalue weighted by Gasteiger charge is 2.37. The lowest BCUT2D eigenvalue weighted by Gasteiger charge is -2.47. The molecule has 0 aliphatic carbocycles. The summed E-state index contributed by atoms with van der Waals surface area (Å²) in [6.07, 6.45) is 0.831. The van der Waals surface area contributed by atoms with E-state index in [0.29, 0.717) is 13.2 Å². The van der Waals surface area contributed by atoms with Crippen LogP contribution in [0.5, 0.6) is 0 Å². The van der Waals surface area contributed by atoms with Crippen LogP contribution in [0.3, 0.4) is 0 Å². The molecular weight excluding hydrogens is 242 g/mol. The molecule has 0 aromatic heterocycles. The molecule has 0 aromatic carbocycles. The first kappa shape index (κ1) is 16.9. The molecule has 114 valence electrons. The monoisotopic (exact) mass is 273 g/mol. The van der Waals surface area contributed by atoms with Gasteiger partial charge in [0, 0.05) is 39.3 Å². The minimum atomic E-state index is -0.0888. The van der Waals surface area contributed by atoms with Gasteiger partial charge in [-0.3, -0.25) is 4.90 Å². The topological polar surface area (TPSA) is 30.9 Å². The third kappa shape index (κ3) is 6.21. The summed E-state index contributed by atoms with van der Waals surface area (Å²) in [5, 5.41) is 0. The zero-order valence-corrected chi connectivity index (χ0v) is 13.5. The Balaban J connectivity index is 2.46. The van der Waals surface area contributed by atoms with E-state index in [9.17, 15) is 0 Å². The third-order valence-electron chi connectivity index (χ3n) is 3.15. The fourth-order valence-electron chi connectivity index (χ4n) is 2.98. The lowest BCUT2D eigenvalue weighted by molar-refractivity contribution is -0.187. The maximum Gasteiger partial charge on any atom is 0.158 e. The first-order valence-corrected chi connectivity index (χ1v) is 7.44. The number of hydrogen-bond acceptors (Lipinski definition) is 4. The lowest BCUT2D eigenvalue weighted by atomic mass is 9.99. The number of morpholine rings is 1. The first-order chi connectivity index (χ1) is 8.78. The molecule has 1 aliphatic heterocycles. The molecule has 0 saturated carbocycles. The molecule has 1 rings (SSSR count). The molecule has 0 spiro atoms. The summed E-state index contributed by atoms with van der Waals surface area (Å²) >= 11 is 0. The van der Waals surface area contributed by atoms with Crippen LogP contribution in [0.4, 0.5) is 0 Å². The van der Waals surface area contributed by atoms with Gasteiger partial charge in [-0.1, -0.05) is 0 Å². The summed E-state index contributed by atoms with van der Waals surface area (Å²) in [4.78, 5) is 2.45. The quantitative estimate of drug-likeness (QED) is 0.667. The van der Waals surface area contributed by atoms with Gasteiger partial charge in [-0.05, 0) is 41.5 Å². The van der Waals surface area contributed by atoms with E-state index in [1.807, 2.05) is 13.8 Å². The molecule has 1 fully saturated rings. The second kappa shape index (κ2) is 7.02. The second-order valence-corrected chi connectivity index (χ2v) is 6.46. The first-order valence-electron chi connectivity index (χ1n) is 7.44. The Kier molecular flexibility index (Phi) is 6.24. The summed E-state index contributed by atoms with van der Waals surface area (Å²) in [6, 6.07) is 0. The molecule has 19 heavy (non-hydrogen) atoms. The maximum absolute atomic E-state index is 6.09. The maximum atomic E-state index is 6.09. The molecule has 0 amide bonds. The Morgan fingerprint density at radius 2 is 1.47 bits per heavy atom. The summed E-state index contributed by atoms with van der Waals surface area (Å²) in [6.45, 7) is 16.9. The van der Waals surface area contributed by atoms with Gasteiger partial charge < -0.3 is 14.2 Å². The Labute approximate surface area is 118 Å². The lowest BCUT2D eigenvalue weighted by Crippen LogP contribution is -2.57. The number of nitrogens with zero attached hydrogens (tertiary/aromatic N) is 1. The zero-order valence-electron chi connectivity index (χ0n) is 13.5. The number of rotatable bonds is 7. The average molecular weight is 273 g/mol. The van der Waals surface area contributed by atoms with Crippen LogP contribution in [-0.2, 0) is 14.2 Å². The van der Waals surface area contributed by atoms with Crippen molar-refractivity contribution in [2.24, 2.45) is 0 Å². The van der Waals surface area contributed by atoms with Crippen molar-refractivity contribution >= 4 is 0 Å². The van der Waals surface area contributed by atoms with Crippen molar-refractivity contribution in [1.82, 2.24) is 4.90 Å². The van der Waals surface area contributed by atoms with Gasteiger partial charge in [0.25, 0.3) is 0 Å². The average Bonchev–Trinajstić information content (AvgIpc) is 2.22. The molecule has 1 aliphatic rings. The van der Waals surface area contributed by atoms with Crippen LogP contribution in [-0.4, -0.2) is 55.2 Å². The molecule has 4 nitrogen and oxygen atoms in total. The van der Waals surface area contributed by atoms with Crippen molar-refractivity contribution in [3.63, 3.8) is 0 Å². The minimum absolute atomic E-state index is 0.0796. The Morgan fingerprint density at radius 3 is 1.89 bits per heavy atom. The van der Waals surface area contributed by atoms with E-state index in [0.717, 1.165) is 26.1 Å². The molecule has 0 radical (unpaired) electrons. The Bertz CT molecular complexity index is 244. The van der Waals surface area contributed by atoms with Gasteiger partial charge >= 0.3 is 0 Å². The van der Waals surface area contributed by atoms with Gasteiger partial charge in [0.15, 0.2) is 6.29 Å². The number of hydrogen-bond donors (Lipinski definition) is 0. The molecule has 0 unspecified atom stereocenters. The highest BCUT2D eigenvalue weighted by atomic mass is 16.7.